The highest BCUT2D eigenvalue weighted by atomic mass is 35.5. The molecule has 0 radical (unpaired) electrons. The summed E-state index contributed by atoms with van der Waals surface area (Å²) in [4.78, 5) is 5.43. The van der Waals surface area contributed by atoms with Crippen molar-refractivity contribution in [3.63, 3.8) is 0 Å². The van der Waals surface area contributed by atoms with Crippen molar-refractivity contribution in [2.75, 3.05) is 5.75 Å². The highest BCUT2D eigenvalue weighted by Crippen LogP contribution is 2.56. The Morgan fingerprint density at radius 1 is 0.743 bits per heavy atom. The molecule has 0 saturated carbocycles. The molecule has 0 aliphatic carbocycles. The van der Waals surface area contributed by atoms with Gasteiger partial charge in [-0.15, -0.1) is 29.7 Å². The monoisotopic (exact) mass is 528 g/mol. The molecule has 0 amide bonds. The van der Waals surface area contributed by atoms with Gasteiger partial charge < -0.3 is 0 Å². The Balaban J connectivity index is 1.86. The summed E-state index contributed by atoms with van der Waals surface area (Å²) in [6.45, 7) is 3.97. The SMILES string of the molecule is C=CCSc1sc(-c2ccc(Cl)cc2)nc1[P+](c1ccccc1)(c1ccccc1)c1ccccc1. The molecule has 172 valence electrons. The lowest BCUT2D eigenvalue weighted by atomic mass is 10.2. The van der Waals surface area contributed by atoms with Gasteiger partial charge in [0.25, 0.3) is 0 Å². The molecule has 0 saturated heterocycles. The van der Waals surface area contributed by atoms with Crippen molar-refractivity contribution >= 4 is 63.3 Å². The molecule has 0 aliphatic rings. The molecular weight excluding hydrogens is 505 g/mol. The Kier molecular flexibility index (Phi) is 7.51. The summed E-state index contributed by atoms with van der Waals surface area (Å²) in [6, 6.07) is 40.6. The molecule has 0 fully saturated rings. The number of halogens is 1. The second kappa shape index (κ2) is 10.9. The van der Waals surface area contributed by atoms with Crippen LogP contribution in [0.25, 0.3) is 10.6 Å². The summed E-state index contributed by atoms with van der Waals surface area (Å²) in [5.74, 6) is 0.827. The van der Waals surface area contributed by atoms with Crippen LogP contribution >= 0.6 is 42.0 Å². The Bertz CT molecular complexity index is 1310. The van der Waals surface area contributed by atoms with Gasteiger partial charge in [0.15, 0.2) is 7.26 Å². The third kappa shape index (κ3) is 4.75. The van der Waals surface area contributed by atoms with Crippen molar-refractivity contribution in [3.8, 4) is 10.6 Å². The smallest absolute Gasteiger partial charge is 0.200 e. The van der Waals surface area contributed by atoms with Gasteiger partial charge in [0.1, 0.15) is 25.1 Å². The summed E-state index contributed by atoms with van der Waals surface area (Å²) >= 11 is 9.76. The van der Waals surface area contributed by atoms with Gasteiger partial charge >= 0.3 is 0 Å². The maximum Gasteiger partial charge on any atom is 0.223 e. The lowest BCUT2D eigenvalue weighted by Gasteiger charge is -2.26. The maximum atomic E-state index is 6.19. The summed E-state index contributed by atoms with van der Waals surface area (Å²) in [5, 5.41) is 5.63. The maximum absolute atomic E-state index is 6.19. The van der Waals surface area contributed by atoms with Gasteiger partial charge in [0.2, 0.25) is 5.44 Å². The third-order valence-corrected chi connectivity index (χ3v) is 12.8. The van der Waals surface area contributed by atoms with Crippen LogP contribution in [-0.4, -0.2) is 10.7 Å². The van der Waals surface area contributed by atoms with Crippen LogP contribution in [-0.2, 0) is 0 Å². The van der Waals surface area contributed by atoms with Crippen LogP contribution < -0.4 is 21.3 Å². The van der Waals surface area contributed by atoms with Gasteiger partial charge in [-0.1, -0.05) is 84.4 Å². The van der Waals surface area contributed by atoms with Crippen LogP contribution in [0.15, 0.2) is 132 Å². The van der Waals surface area contributed by atoms with E-state index in [1.807, 2.05) is 30.0 Å². The van der Waals surface area contributed by atoms with Gasteiger partial charge in [-0.25, -0.2) is 0 Å². The lowest BCUT2D eigenvalue weighted by molar-refractivity contribution is 1.44. The van der Waals surface area contributed by atoms with Crippen molar-refractivity contribution < 1.29 is 0 Å². The van der Waals surface area contributed by atoms with Crippen LogP contribution in [0.3, 0.4) is 0 Å². The minimum atomic E-state index is -2.27. The fourth-order valence-corrected chi connectivity index (χ4v) is 11.4. The molecule has 5 aromatic rings. The standard InChI is InChI=1S/C30H24ClNPS2/c1-2-22-34-30-28(32-29(35-30)23-18-20-24(31)21-19-23)33(25-12-6-3-7-13-25,26-14-8-4-9-15-26)27-16-10-5-11-17-27/h2-21H,1,22H2/q+1. The first-order valence-corrected chi connectivity index (χ1v) is 15.3. The number of benzene rings is 4. The molecule has 0 atom stereocenters. The van der Waals surface area contributed by atoms with E-state index in [1.165, 1.54) is 20.1 Å². The molecule has 0 bridgehead atoms. The van der Waals surface area contributed by atoms with E-state index in [9.17, 15) is 0 Å². The van der Waals surface area contributed by atoms with E-state index in [-0.39, 0.29) is 0 Å². The zero-order valence-electron chi connectivity index (χ0n) is 19.1. The van der Waals surface area contributed by atoms with Gasteiger partial charge in [-0.05, 0) is 48.5 Å². The van der Waals surface area contributed by atoms with E-state index < -0.39 is 7.26 Å². The van der Waals surface area contributed by atoms with Crippen LogP contribution in [0.1, 0.15) is 0 Å². The minimum Gasteiger partial charge on any atom is -0.200 e. The number of thiazole rings is 1. The summed E-state index contributed by atoms with van der Waals surface area (Å²) in [5.41, 5.74) is 2.24. The molecule has 0 N–H and O–H groups in total. The van der Waals surface area contributed by atoms with E-state index in [4.69, 9.17) is 16.6 Å². The molecule has 1 nitrogen and oxygen atoms in total. The van der Waals surface area contributed by atoms with Gasteiger partial charge in [-0.3, -0.25) is 0 Å². The topological polar surface area (TPSA) is 12.9 Å². The molecule has 5 rings (SSSR count). The Labute approximate surface area is 220 Å². The molecule has 5 heteroatoms. The number of aromatic nitrogens is 1. The Morgan fingerprint density at radius 3 is 1.69 bits per heavy atom. The van der Waals surface area contributed by atoms with Crippen molar-refractivity contribution in [2.24, 2.45) is 0 Å². The fraction of sp³-hybridized carbons (Fsp3) is 0.0333. The molecule has 0 aliphatic heterocycles. The molecule has 0 unspecified atom stereocenters. The third-order valence-electron chi connectivity index (χ3n) is 5.75. The lowest BCUT2D eigenvalue weighted by Crippen LogP contribution is -2.39. The van der Waals surface area contributed by atoms with Gasteiger partial charge in [0, 0.05) is 16.3 Å². The van der Waals surface area contributed by atoms with E-state index in [2.05, 4.69) is 110 Å². The van der Waals surface area contributed by atoms with E-state index in [0.29, 0.717) is 0 Å². The number of hydrogen-bond acceptors (Lipinski definition) is 3. The quantitative estimate of drug-likeness (QED) is 0.118. The Hall–Kier alpha value is -2.68. The average Bonchev–Trinajstić information content (AvgIpc) is 3.34. The second-order valence-corrected chi connectivity index (χ2v) is 14.0. The molecule has 35 heavy (non-hydrogen) atoms. The van der Waals surface area contributed by atoms with E-state index >= 15 is 0 Å². The number of nitrogens with zero attached hydrogens (tertiary/aromatic N) is 1. The predicted octanol–water partition coefficient (Wildman–Crippen LogP) is 7.36. The van der Waals surface area contributed by atoms with Crippen molar-refractivity contribution in [1.29, 1.82) is 0 Å². The number of hydrogen-bond donors (Lipinski definition) is 0. The van der Waals surface area contributed by atoms with Crippen molar-refractivity contribution in [1.82, 2.24) is 4.98 Å². The normalized spacial score (nSPS) is 11.3. The minimum absolute atomic E-state index is 0.728. The first-order valence-electron chi connectivity index (χ1n) is 11.3. The number of thioether (sulfide) groups is 1. The van der Waals surface area contributed by atoms with Crippen molar-refractivity contribution in [3.05, 3.63) is 133 Å². The van der Waals surface area contributed by atoms with Crippen LogP contribution in [0.2, 0.25) is 5.02 Å². The highest BCUT2D eigenvalue weighted by molar-refractivity contribution is 8.05. The molecule has 4 aromatic carbocycles. The first kappa shape index (κ1) is 24.0. The molecular formula is C30H24ClNPS2+. The summed E-state index contributed by atoms with van der Waals surface area (Å²) in [7, 11) is -2.27. The number of rotatable bonds is 8. The van der Waals surface area contributed by atoms with Gasteiger partial charge in [0.05, 0.1) is 0 Å². The van der Waals surface area contributed by atoms with E-state index in [1.54, 1.807) is 11.3 Å². The second-order valence-electron chi connectivity index (χ2n) is 7.91. The Morgan fingerprint density at radius 2 is 1.23 bits per heavy atom. The predicted molar refractivity (Wildman–Crippen MR) is 158 cm³/mol. The van der Waals surface area contributed by atoms with Gasteiger partial charge in [-0.2, -0.15) is 4.98 Å². The van der Waals surface area contributed by atoms with Crippen LogP contribution in [0.5, 0.6) is 0 Å². The molecule has 1 aromatic heterocycles. The zero-order chi connectivity index (χ0) is 24.1. The first-order chi connectivity index (χ1) is 17.2. The molecule has 1 heterocycles. The summed E-state index contributed by atoms with van der Waals surface area (Å²) in [6.07, 6.45) is 1.96. The van der Waals surface area contributed by atoms with Crippen LogP contribution in [0.4, 0.5) is 0 Å². The highest BCUT2D eigenvalue weighted by Gasteiger charge is 2.52. The largest absolute Gasteiger partial charge is 0.223 e. The zero-order valence-corrected chi connectivity index (χ0v) is 22.3. The van der Waals surface area contributed by atoms with Crippen molar-refractivity contribution in [2.45, 2.75) is 4.21 Å². The fourth-order valence-electron chi connectivity index (χ4n) is 4.22. The van der Waals surface area contributed by atoms with E-state index in [0.717, 1.165) is 26.8 Å². The van der Waals surface area contributed by atoms with Crippen LogP contribution in [0, 0.1) is 0 Å². The average molecular weight is 529 g/mol. The molecule has 0 spiro atoms. The summed E-state index contributed by atoms with van der Waals surface area (Å²) < 4.78 is 1.24.